The van der Waals surface area contributed by atoms with Gasteiger partial charge in [-0.3, -0.25) is 0 Å². The highest BCUT2D eigenvalue weighted by molar-refractivity contribution is 5.89. The van der Waals surface area contributed by atoms with Crippen molar-refractivity contribution >= 4 is 5.97 Å². The van der Waals surface area contributed by atoms with Crippen molar-refractivity contribution in [2.45, 2.75) is 46.5 Å². The molecule has 4 nitrogen and oxygen atoms in total. The lowest BCUT2D eigenvalue weighted by atomic mass is 9.95. The summed E-state index contributed by atoms with van der Waals surface area (Å²) in [4.78, 5) is 11.5. The van der Waals surface area contributed by atoms with E-state index in [1.807, 2.05) is 24.6 Å². The molecular weight excluding hydrogens is 264 g/mol. The molecule has 2 rings (SSSR count). The maximum Gasteiger partial charge on any atom is 0.339 e. The van der Waals surface area contributed by atoms with Gasteiger partial charge in [-0.1, -0.05) is 26.0 Å². The molecular formula is C17H22N2O2. The number of nitrogens with zero attached hydrogens (tertiary/aromatic N) is 2. The molecule has 0 radical (unpaired) electrons. The Hall–Kier alpha value is -2.10. The number of aromatic carboxylic acids is 1. The van der Waals surface area contributed by atoms with Gasteiger partial charge in [0.05, 0.1) is 17.6 Å². The molecule has 4 heteroatoms. The van der Waals surface area contributed by atoms with E-state index in [0.717, 1.165) is 35.3 Å². The molecule has 0 amide bonds. The molecule has 1 aromatic heterocycles. The Morgan fingerprint density at radius 3 is 2.52 bits per heavy atom. The lowest BCUT2D eigenvalue weighted by Crippen LogP contribution is -2.12. The average molecular weight is 286 g/mol. The fourth-order valence-electron chi connectivity index (χ4n) is 2.73. The second-order valence-electron chi connectivity index (χ2n) is 5.46. The van der Waals surface area contributed by atoms with E-state index in [-0.39, 0.29) is 5.92 Å². The minimum Gasteiger partial charge on any atom is -0.478 e. The van der Waals surface area contributed by atoms with Gasteiger partial charge in [-0.15, -0.1) is 0 Å². The Kier molecular flexibility index (Phi) is 4.46. The molecule has 2 aromatic rings. The summed E-state index contributed by atoms with van der Waals surface area (Å²) in [7, 11) is 0. The largest absolute Gasteiger partial charge is 0.478 e. The summed E-state index contributed by atoms with van der Waals surface area (Å²) in [6.07, 6.45) is 3.26. The van der Waals surface area contributed by atoms with Crippen LogP contribution in [0.1, 0.15) is 59.8 Å². The van der Waals surface area contributed by atoms with Crippen molar-refractivity contribution in [2.75, 3.05) is 0 Å². The zero-order valence-electron chi connectivity index (χ0n) is 13.1. The van der Waals surface area contributed by atoms with Crippen molar-refractivity contribution in [3.05, 3.63) is 46.8 Å². The smallest absolute Gasteiger partial charge is 0.339 e. The van der Waals surface area contributed by atoms with Gasteiger partial charge < -0.3 is 5.11 Å². The number of hydrogen-bond acceptors (Lipinski definition) is 2. The third kappa shape index (κ3) is 2.84. The minimum absolute atomic E-state index is 0.193. The van der Waals surface area contributed by atoms with Gasteiger partial charge in [0.1, 0.15) is 5.56 Å². The summed E-state index contributed by atoms with van der Waals surface area (Å²) < 4.78 is 1.81. The van der Waals surface area contributed by atoms with Crippen molar-refractivity contribution in [3.8, 4) is 5.69 Å². The second-order valence-corrected chi connectivity index (χ2v) is 5.46. The standard InChI is InChI=1S/C17H22N2O2/c1-5-13(6-2)16-14(17(20)21)10-18-19(16)15-9-11(3)7-8-12(15)4/h7-10,13H,5-6H2,1-4H3,(H,20,21). The van der Waals surface area contributed by atoms with E-state index in [0.29, 0.717) is 5.56 Å². The van der Waals surface area contributed by atoms with Gasteiger partial charge in [0.15, 0.2) is 0 Å². The fraction of sp³-hybridized carbons (Fsp3) is 0.412. The molecule has 0 bridgehead atoms. The van der Waals surface area contributed by atoms with E-state index in [1.54, 1.807) is 0 Å². The van der Waals surface area contributed by atoms with Gasteiger partial charge in [-0.25, -0.2) is 9.48 Å². The normalized spacial score (nSPS) is 11.1. The molecule has 21 heavy (non-hydrogen) atoms. The number of aromatic nitrogens is 2. The molecule has 1 heterocycles. The van der Waals surface area contributed by atoms with Crippen molar-refractivity contribution in [1.82, 2.24) is 9.78 Å². The van der Waals surface area contributed by atoms with Crippen LogP contribution in [-0.2, 0) is 0 Å². The Morgan fingerprint density at radius 1 is 1.29 bits per heavy atom. The van der Waals surface area contributed by atoms with Crippen LogP contribution >= 0.6 is 0 Å². The zero-order chi connectivity index (χ0) is 15.6. The number of aryl methyl sites for hydroxylation is 2. The molecule has 1 N–H and O–H groups in total. The predicted octanol–water partition coefficient (Wildman–Crippen LogP) is 4.09. The highest BCUT2D eigenvalue weighted by atomic mass is 16.4. The molecule has 112 valence electrons. The van der Waals surface area contributed by atoms with E-state index in [1.165, 1.54) is 6.20 Å². The SMILES string of the molecule is CCC(CC)c1c(C(=O)O)cnn1-c1cc(C)ccc1C. The number of rotatable bonds is 5. The number of benzene rings is 1. The lowest BCUT2D eigenvalue weighted by Gasteiger charge is -2.18. The summed E-state index contributed by atoms with van der Waals surface area (Å²) in [5, 5.41) is 13.8. The monoisotopic (exact) mass is 286 g/mol. The quantitative estimate of drug-likeness (QED) is 0.900. The first-order chi connectivity index (χ1) is 9.99. The first-order valence-electron chi connectivity index (χ1n) is 7.38. The van der Waals surface area contributed by atoms with Crippen LogP contribution in [0.5, 0.6) is 0 Å². The molecule has 0 spiro atoms. The first-order valence-corrected chi connectivity index (χ1v) is 7.38. The van der Waals surface area contributed by atoms with Crippen LogP contribution in [0.25, 0.3) is 5.69 Å². The second kappa shape index (κ2) is 6.12. The predicted molar refractivity (Wildman–Crippen MR) is 83.3 cm³/mol. The Morgan fingerprint density at radius 2 is 1.95 bits per heavy atom. The first kappa shape index (κ1) is 15.3. The van der Waals surface area contributed by atoms with Crippen molar-refractivity contribution < 1.29 is 9.90 Å². The number of carbonyl (C=O) groups is 1. The topological polar surface area (TPSA) is 55.1 Å². The van der Waals surface area contributed by atoms with Gasteiger partial charge in [0.25, 0.3) is 0 Å². The Balaban J connectivity index is 2.69. The molecule has 0 aliphatic rings. The average Bonchev–Trinajstić information content (AvgIpc) is 2.88. The van der Waals surface area contributed by atoms with E-state index in [9.17, 15) is 9.90 Å². The van der Waals surface area contributed by atoms with E-state index < -0.39 is 5.97 Å². The maximum atomic E-state index is 11.5. The Bertz CT molecular complexity index is 655. The number of hydrogen-bond donors (Lipinski definition) is 1. The molecule has 0 saturated heterocycles. The van der Waals surface area contributed by atoms with Crippen molar-refractivity contribution in [3.63, 3.8) is 0 Å². The Labute approximate surface area is 125 Å². The van der Waals surface area contributed by atoms with Crippen LogP contribution in [0.4, 0.5) is 0 Å². The highest BCUT2D eigenvalue weighted by Crippen LogP contribution is 2.29. The molecule has 0 aliphatic heterocycles. The molecule has 1 aromatic carbocycles. The van der Waals surface area contributed by atoms with E-state index in [4.69, 9.17) is 0 Å². The molecule has 0 atom stereocenters. The summed E-state index contributed by atoms with van der Waals surface area (Å²) in [6, 6.07) is 6.15. The lowest BCUT2D eigenvalue weighted by molar-refractivity contribution is 0.0695. The van der Waals surface area contributed by atoms with Crippen LogP contribution < -0.4 is 0 Å². The third-order valence-corrected chi connectivity index (χ3v) is 4.00. The van der Waals surface area contributed by atoms with Gasteiger partial charge in [0.2, 0.25) is 0 Å². The van der Waals surface area contributed by atoms with E-state index in [2.05, 4.69) is 31.1 Å². The van der Waals surface area contributed by atoms with Crippen LogP contribution in [0.2, 0.25) is 0 Å². The minimum atomic E-state index is -0.909. The summed E-state index contributed by atoms with van der Waals surface area (Å²) in [5.41, 5.74) is 4.31. The van der Waals surface area contributed by atoms with Gasteiger partial charge in [-0.2, -0.15) is 5.10 Å². The molecule has 0 saturated carbocycles. The van der Waals surface area contributed by atoms with Crippen LogP contribution in [0.15, 0.2) is 24.4 Å². The van der Waals surface area contributed by atoms with Crippen molar-refractivity contribution in [2.24, 2.45) is 0 Å². The zero-order valence-corrected chi connectivity index (χ0v) is 13.1. The van der Waals surface area contributed by atoms with Crippen LogP contribution in [0.3, 0.4) is 0 Å². The summed E-state index contributed by atoms with van der Waals surface area (Å²) in [6.45, 7) is 8.22. The fourth-order valence-corrected chi connectivity index (χ4v) is 2.73. The molecule has 0 aliphatic carbocycles. The summed E-state index contributed by atoms with van der Waals surface area (Å²) >= 11 is 0. The van der Waals surface area contributed by atoms with Crippen LogP contribution in [-0.4, -0.2) is 20.9 Å². The van der Waals surface area contributed by atoms with Crippen molar-refractivity contribution in [1.29, 1.82) is 0 Å². The van der Waals surface area contributed by atoms with Crippen LogP contribution in [0, 0.1) is 13.8 Å². The van der Waals surface area contributed by atoms with E-state index >= 15 is 0 Å². The summed E-state index contributed by atoms with van der Waals surface area (Å²) in [5.74, 6) is -0.716. The molecule has 0 unspecified atom stereocenters. The molecule has 0 fully saturated rings. The maximum absolute atomic E-state index is 11.5. The number of carboxylic acid groups (broad SMARTS) is 1. The number of carboxylic acids is 1. The van der Waals surface area contributed by atoms with Gasteiger partial charge in [-0.05, 0) is 43.9 Å². The van der Waals surface area contributed by atoms with Gasteiger partial charge in [0, 0.05) is 5.92 Å². The third-order valence-electron chi connectivity index (χ3n) is 4.00. The van der Waals surface area contributed by atoms with Gasteiger partial charge >= 0.3 is 5.97 Å². The highest BCUT2D eigenvalue weighted by Gasteiger charge is 2.24.